The number of thiophene rings is 1. The monoisotopic (exact) mass is 447 g/mol. The van der Waals surface area contributed by atoms with Crippen LogP contribution in [0.25, 0.3) is 21.3 Å². The maximum atomic E-state index is 13.1. The first-order valence-corrected chi connectivity index (χ1v) is 11.3. The van der Waals surface area contributed by atoms with Crippen LogP contribution in [0.3, 0.4) is 0 Å². The van der Waals surface area contributed by atoms with E-state index >= 15 is 0 Å². The van der Waals surface area contributed by atoms with E-state index in [1.165, 1.54) is 27.8 Å². The summed E-state index contributed by atoms with van der Waals surface area (Å²) in [6, 6.07) is 16.0. The van der Waals surface area contributed by atoms with Gasteiger partial charge in [0, 0.05) is 37.6 Å². The molecule has 32 heavy (non-hydrogen) atoms. The summed E-state index contributed by atoms with van der Waals surface area (Å²) in [5.41, 5.74) is 5.03. The number of amides is 1. The van der Waals surface area contributed by atoms with Crippen LogP contribution in [0, 0.1) is 6.92 Å². The molecular formula is C25H25N3O3S. The molecule has 0 atom stereocenters. The summed E-state index contributed by atoms with van der Waals surface area (Å²) in [6.07, 6.45) is 1.74. The van der Waals surface area contributed by atoms with Crippen LogP contribution in [-0.2, 0) is 29.2 Å². The first-order chi connectivity index (χ1) is 15.5. The summed E-state index contributed by atoms with van der Waals surface area (Å²) >= 11 is 1.46. The van der Waals surface area contributed by atoms with Crippen LogP contribution in [0.1, 0.15) is 23.1 Å². The van der Waals surface area contributed by atoms with Gasteiger partial charge >= 0.3 is 0 Å². The van der Waals surface area contributed by atoms with Crippen molar-refractivity contribution >= 4 is 27.5 Å². The maximum absolute atomic E-state index is 13.1. The largest absolute Gasteiger partial charge is 0.380 e. The number of aryl methyl sites for hydroxylation is 2. The van der Waals surface area contributed by atoms with Gasteiger partial charge in [0.2, 0.25) is 5.91 Å². The van der Waals surface area contributed by atoms with E-state index in [4.69, 9.17) is 4.74 Å². The first kappa shape index (κ1) is 21.9. The molecule has 4 aromatic rings. The van der Waals surface area contributed by atoms with E-state index in [1.54, 1.807) is 7.11 Å². The minimum absolute atomic E-state index is 0.109. The van der Waals surface area contributed by atoms with Crippen molar-refractivity contribution in [2.75, 3.05) is 7.11 Å². The molecule has 0 aliphatic carbocycles. The molecule has 4 rings (SSSR count). The number of carbonyl (C=O) groups is 1. The topological polar surface area (TPSA) is 73.2 Å². The number of hydrogen-bond donors (Lipinski definition) is 1. The van der Waals surface area contributed by atoms with Gasteiger partial charge in [-0.2, -0.15) is 0 Å². The minimum Gasteiger partial charge on any atom is -0.380 e. The number of nitrogens with zero attached hydrogens (tertiary/aromatic N) is 2. The van der Waals surface area contributed by atoms with Gasteiger partial charge in [0.05, 0.1) is 18.3 Å². The zero-order valence-electron chi connectivity index (χ0n) is 18.1. The fourth-order valence-electron chi connectivity index (χ4n) is 3.50. The quantitative estimate of drug-likeness (QED) is 0.437. The summed E-state index contributed by atoms with van der Waals surface area (Å²) in [4.78, 5) is 30.6. The van der Waals surface area contributed by atoms with Crippen LogP contribution in [0.2, 0.25) is 0 Å². The van der Waals surface area contributed by atoms with Gasteiger partial charge in [0.1, 0.15) is 4.83 Å². The van der Waals surface area contributed by atoms with E-state index in [2.05, 4.69) is 10.3 Å². The molecule has 164 valence electrons. The molecule has 0 saturated heterocycles. The molecule has 0 fully saturated rings. The summed E-state index contributed by atoms with van der Waals surface area (Å²) in [7, 11) is 1.66. The van der Waals surface area contributed by atoms with Gasteiger partial charge in [0.25, 0.3) is 5.56 Å². The molecule has 2 heterocycles. The van der Waals surface area contributed by atoms with Gasteiger partial charge in [-0.3, -0.25) is 14.2 Å². The highest BCUT2D eigenvalue weighted by Gasteiger charge is 2.14. The number of aromatic nitrogens is 2. The Kier molecular flexibility index (Phi) is 6.78. The summed E-state index contributed by atoms with van der Waals surface area (Å²) in [5.74, 6) is -0.109. The number of nitrogens with one attached hydrogen (secondary N) is 1. The molecule has 0 saturated carbocycles. The predicted octanol–water partition coefficient (Wildman–Crippen LogP) is 4.29. The van der Waals surface area contributed by atoms with Gasteiger partial charge in [-0.05, 0) is 23.6 Å². The van der Waals surface area contributed by atoms with Crippen molar-refractivity contribution in [3.8, 4) is 11.1 Å². The molecule has 0 aliphatic rings. The highest BCUT2D eigenvalue weighted by Crippen LogP contribution is 2.30. The maximum Gasteiger partial charge on any atom is 0.262 e. The number of hydrogen-bond acceptors (Lipinski definition) is 5. The Morgan fingerprint density at radius 1 is 1.09 bits per heavy atom. The molecule has 0 bridgehead atoms. The second kappa shape index (κ2) is 9.89. The van der Waals surface area contributed by atoms with Crippen LogP contribution in [0.15, 0.2) is 65.0 Å². The van der Waals surface area contributed by atoms with Crippen molar-refractivity contribution in [1.29, 1.82) is 0 Å². The molecule has 1 amide bonds. The molecule has 7 heteroatoms. The summed E-state index contributed by atoms with van der Waals surface area (Å²) < 4.78 is 6.63. The lowest BCUT2D eigenvalue weighted by molar-refractivity contribution is -0.121. The van der Waals surface area contributed by atoms with Gasteiger partial charge in [0.15, 0.2) is 0 Å². The van der Waals surface area contributed by atoms with Crippen LogP contribution < -0.4 is 10.9 Å². The molecule has 2 aromatic heterocycles. The van der Waals surface area contributed by atoms with Gasteiger partial charge < -0.3 is 10.1 Å². The molecule has 0 radical (unpaired) electrons. The lowest BCUT2D eigenvalue weighted by atomic mass is 10.1. The van der Waals surface area contributed by atoms with Crippen molar-refractivity contribution in [2.24, 2.45) is 0 Å². The lowest BCUT2D eigenvalue weighted by Crippen LogP contribution is -2.27. The van der Waals surface area contributed by atoms with E-state index in [0.717, 1.165) is 22.3 Å². The number of rotatable bonds is 8. The number of benzene rings is 2. The molecular weight excluding hydrogens is 422 g/mol. The highest BCUT2D eigenvalue weighted by atomic mass is 32.1. The molecule has 0 spiro atoms. The van der Waals surface area contributed by atoms with E-state index < -0.39 is 0 Å². The SMILES string of the molecule is COCc1ccc(CNC(=O)CCn2cnc3scc(-c4ccc(C)cc4)c3c2=O)cc1. The van der Waals surface area contributed by atoms with E-state index in [0.29, 0.717) is 23.4 Å². The van der Waals surface area contributed by atoms with Crippen molar-refractivity contribution in [2.45, 2.75) is 33.0 Å². The smallest absolute Gasteiger partial charge is 0.262 e. The second-order valence-corrected chi connectivity index (χ2v) is 8.57. The number of ether oxygens (including phenoxy) is 1. The van der Waals surface area contributed by atoms with Crippen molar-refractivity contribution in [1.82, 2.24) is 14.9 Å². The fourth-order valence-corrected chi connectivity index (χ4v) is 4.41. The predicted molar refractivity (Wildman–Crippen MR) is 128 cm³/mol. The second-order valence-electron chi connectivity index (χ2n) is 7.71. The third-order valence-corrected chi connectivity index (χ3v) is 6.21. The van der Waals surface area contributed by atoms with Crippen LogP contribution in [0.5, 0.6) is 0 Å². The van der Waals surface area contributed by atoms with Gasteiger partial charge in [-0.15, -0.1) is 11.3 Å². The minimum atomic E-state index is -0.117. The van der Waals surface area contributed by atoms with Crippen molar-refractivity contribution in [3.05, 3.63) is 87.3 Å². The standard InChI is InChI=1S/C25H25N3O3S/c1-17-3-9-20(10-4-17)21-15-32-24-23(21)25(30)28(16-27-24)12-11-22(29)26-13-18-5-7-19(8-6-18)14-31-2/h3-10,15-16H,11-14H2,1-2H3,(H,26,29). The number of methoxy groups -OCH3 is 1. The van der Waals surface area contributed by atoms with Gasteiger partial charge in [-0.25, -0.2) is 4.98 Å². The highest BCUT2D eigenvalue weighted by molar-refractivity contribution is 7.17. The molecule has 2 aromatic carbocycles. The first-order valence-electron chi connectivity index (χ1n) is 10.4. The van der Waals surface area contributed by atoms with Crippen molar-refractivity contribution in [3.63, 3.8) is 0 Å². The normalized spacial score (nSPS) is 11.1. The summed E-state index contributed by atoms with van der Waals surface area (Å²) in [5, 5.41) is 5.49. The zero-order chi connectivity index (χ0) is 22.5. The molecule has 0 unspecified atom stereocenters. The lowest BCUT2D eigenvalue weighted by Gasteiger charge is -2.08. The Hall–Kier alpha value is -3.29. The van der Waals surface area contributed by atoms with Crippen LogP contribution in [-0.4, -0.2) is 22.6 Å². The van der Waals surface area contributed by atoms with Gasteiger partial charge in [-0.1, -0.05) is 54.1 Å². The zero-order valence-corrected chi connectivity index (χ0v) is 18.9. The Bertz CT molecular complexity index is 1270. The number of fused-ring (bicyclic) bond motifs is 1. The van der Waals surface area contributed by atoms with E-state index in [1.807, 2.05) is 60.8 Å². The van der Waals surface area contributed by atoms with Crippen LogP contribution >= 0.6 is 11.3 Å². The molecule has 1 N–H and O–H groups in total. The average Bonchev–Trinajstić information content (AvgIpc) is 3.24. The molecule has 6 nitrogen and oxygen atoms in total. The molecule has 0 aliphatic heterocycles. The Labute approximate surface area is 190 Å². The average molecular weight is 448 g/mol. The Morgan fingerprint density at radius 3 is 2.53 bits per heavy atom. The van der Waals surface area contributed by atoms with E-state index in [9.17, 15) is 9.59 Å². The Morgan fingerprint density at radius 2 is 1.81 bits per heavy atom. The number of carbonyl (C=O) groups excluding carboxylic acids is 1. The Balaban J connectivity index is 1.42. The third kappa shape index (κ3) is 4.95. The van der Waals surface area contributed by atoms with E-state index in [-0.39, 0.29) is 24.4 Å². The summed E-state index contributed by atoms with van der Waals surface area (Å²) in [6.45, 7) is 3.32. The fraction of sp³-hybridized carbons (Fsp3) is 0.240. The van der Waals surface area contributed by atoms with Crippen molar-refractivity contribution < 1.29 is 9.53 Å². The third-order valence-electron chi connectivity index (χ3n) is 5.33. The van der Waals surface area contributed by atoms with Crippen LogP contribution in [0.4, 0.5) is 0 Å².